The minimum Gasteiger partial charge on any atom is -0.316 e. The number of carbonyl (C=O) groups is 1. The van der Waals surface area contributed by atoms with Crippen molar-refractivity contribution in [1.29, 1.82) is 0 Å². The summed E-state index contributed by atoms with van der Waals surface area (Å²) in [4.78, 5) is 10.6. The molecule has 0 rings (SSSR count). The highest BCUT2D eigenvalue weighted by Crippen LogP contribution is 2.02. The molecule has 3 heteroatoms. The standard InChI is InChI=1S/C6H11NOS/c1-5(3-7-2)6(9)4-8/h4,7,9H,3H2,1-2H3/b6-5+. The number of likely N-dealkylation sites (N-methyl/N-ethyl adjacent to an activating group) is 1. The molecule has 0 atom stereocenters. The van der Waals surface area contributed by atoms with Crippen molar-refractivity contribution in [3.63, 3.8) is 0 Å². The Balaban J connectivity index is 3.93. The Kier molecular flexibility index (Phi) is 4.44. The Labute approximate surface area is 60.7 Å². The maximum absolute atomic E-state index is 10.1. The maximum atomic E-state index is 10.1. The van der Waals surface area contributed by atoms with Crippen LogP contribution in [0.2, 0.25) is 0 Å². The number of aldehydes is 1. The van der Waals surface area contributed by atoms with Crippen molar-refractivity contribution in [3.8, 4) is 0 Å². The second-order valence-corrected chi connectivity index (χ2v) is 2.30. The van der Waals surface area contributed by atoms with Crippen LogP contribution in [0.3, 0.4) is 0 Å². The summed E-state index contributed by atoms with van der Waals surface area (Å²) in [5.41, 5.74) is 0.968. The van der Waals surface area contributed by atoms with Crippen molar-refractivity contribution in [2.45, 2.75) is 6.92 Å². The smallest absolute Gasteiger partial charge is 0.156 e. The third-order valence-corrected chi connectivity index (χ3v) is 1.48. The Morgan fingerprint density at radius 3 is 2.67 bits per heavy atom. The normalized spacial score (nSPS) is 12.8. The van der Waals surface area contributed by atoms with Crippen LogP contribution < -0.4 is 5.32 Å². The molecule has 0 fully saturated rings. The first-order valence-corrected chi connectivity index (χ1v) is 3.15. The minimum absolute atomic E-state index is 0.518. The van der Waals surface area contributed by atoms with E-state index in [-0.39, 0.29) is 0 Å². The largest absolute Gasteiger partial charge is 0.316 e. The van der Waals surface area contributed by atoms with Crippen LogP contribution in [0.1, 0.15) is 6.92 Å². The van der Waals surface area contributed by atoms with Gasteiger partial charge in [-0.15, -0.1) is 12.6 Å². The highest BCUT2D eigenvalue weighted by atomic mass is 32.1. The van der Waals surface area contributed by atoms with Gasteiger partial charge in [-0.1, -0.05) is 0 Å². The van der Waals surface area contributed by atoms with Gasteiger partial charge < -0.3 is 5.32 Å². The number of carbonyl (C=O) groups excluding carboxylic acids is 1. The van der Waals surface area contributed by atoms with Crippen LogP contribution in [0.15, 0.2) is 10.5 Å². The SMILES string of the molecule is CNC/C(C)=C(/S)C=O. The fourth-order valence-corrected chi connectivity index (χ4v) is 0.535. The summed E-state index contributed by atoms with van der Waals surface area (Å²) in [5, 5.41) is 2.92. The van der Waals surface area contributed by atoms with Gasteiger partial charge in [-0.05, 0) is 19.5 Å². The van der Waals surface area contributed by atoms with E-state index in [2.05, 4.69) is 17.9 Å². The number of rotatable bonds is 3. The molecule has 0 aromatic rings. The van der Waals surface area contributed by atoms with Gasteiger partial charge >= 0.3 is 0 Å². The fraction of sp³-hybridized carbons (Fsp3) is 0.500. The highest BCUT2D eigenvalue weighted by molar-refractivity contribution is 7.85. The van der Waals surface area contributed by atoms with Gasteiger partial charge in [0.05, 0.1) is 0 Å². The first-order chi connectivity index (χ1) is 4.22. The molecule has 0 saturated heterocycles. The summed E-state index contributed by atoms with van der Waals surface area (Å²) in [6.07, 6.45) is 0.746. The molecular weight excluding hydrogens is 134 g/mol. The fourth-order valence-electron chi connectivity index (χ4n) is 0.456. The molecule has 0 radical (unpaired) electrons. The summed E-state index contributed by atoms with van der Waals surface area (Å²) >= 11 is 3.93. The molecule has 0 saturated carbocycles. The quantitative estimate of drug-likeness (QED) is 0.346. The van der Waals surface area contributed by atoms with Gasteiger partial charge in [0.2, 0.25) is 0 Å². The summed E-state index contributed by atoms with van der Waals surface area (Å²) in [6.45, 7) is 2.59. The predicted octanol–water partition coefficient (Wildman–Crippen LogP) is 0.609. The molecule has 0 aliphatic carbocycles. The van der Waals surface area contributed by atoms with Gasteiger partial charge in [0.25, 0.3) is 0 Å². The number of hydrogen-bond donors (Lipinski definition) is 2. The van der Waals surface area contributed by atoms with Crippen LogP contribution in [-0.2, 0) is 4.79 Å². The van der Waals surface area contributed by atoms with Gasteiger partial charge in [-0.25, -0.2) is 0 Å². The Hall–Kier alpha value is -0.280. The van der Waals surface area contributed by atoms with Gasteiger partial charge in [-0.2, -0.15) is 0 Å². The molecule has 0 aliphatic heterocycles. The summed E-state index contributed by atoms with van der Waals surface area (Å²) in [5.74, 6) is 0. The average Bonchev–Trinajstić information content (AvgIpc) is 1.87. The van der Waals surface area contributed by atoms with Crippen LogP contribution in [0.25, 0.3) is 0 Å². The summed E-state index contributed by atoms with van der Waals surface area (Å²) in [6, 6.07) is 0. The molecule has 0 aliphatic rings. The first-order valence-electron chi connectivity index (χ1n) is 2.71. The molecule has 0 spiro atoms. The van der Waals surface area contributed by atoms with E-state index in [1.54, 1.807) is 0 Å². The first kappa shape index (κ1) is 8.72. The van der Waals surface area contributed by atoms with Gasteiger partial charge in [0.1, 0.15) is 0 Å². The Morgan fingerprint density at radius 2 is 2.33 bits per heavy atom. The zero-order chi connectivity index (χ0) is 7.28. The van der Waals surface area contributed by atoms with E-state index in [1.165, 1.54) is 0 Å². The predicted molar refractivity (Wildman–Crippen MR) is 41.7 cm³/mol. The lowest BCUT2D eigenvalue weighted by Gasteiger charge is -1.98. The number of hydrogen-bond acceptors (Lipinski definition) is 3. The lowest BCUT2D eigenvalue weighted by molar-refractivity contribution is -0.104. The van der Waals surface area contributed by atoms with E-state index in [1.807, 2.05) is 14.0 Å². The molecule has 2 nitrogen and oxygen atoms in total. The minimum atomic E-state index is 0.518. The van der Waals surface area contributed by atoms with Crippen molar-refractivity contribution >= 4 is 18.9 Å². The van der Waals surface area contributed by atoms with E-state index in [4.69, 9.17) is 0 Å². The maximum Gasteiger partial charge on any atom is 0.156 e. The average molecular weight is 145 g/mol. The van der Waals surface area contributed by atoms with Crippen LogP contribution in [0, 0.1) is 0 Å². The van der Waals surface area contributed by atoms with E-state index in [0.717, 1.165) is 18.4 Å². The molecule has 0 heterocycles. The van der Waals surface area contributed by atoms with Crippen molar-refractivity contribution < 1.29 is 4.79 Å². The second-order valence-electron chi connectivity index (χ2n) is 1.81. The molecule has 52 valence electrons. The van der Waals surface area contributed by atoms with Crippen LogP contribution in [0.5, 0.6) is 0 Å². The number of nitrogens with one attached hydrogen (secondary N) is 1. The van der Waals surface area contributed by atoms with Crippen molar-refractivity contribution in [2.24, 2.45) is 0 Å². The lowest BCUT2D eigenvalue weighted by atomic mass is 10.3. The highest BCUT2D eigenvalue weighted by Gasteiger charge is 1.92. The zero-order valence-corrected chi connectivity index (χ0v) is 6.53. The number of allylic oxidation sites excluding steroid dienone is 1. The van der Waals surface area contributed by atoms with Crippen LogP contribution >= 0.6 is 12.6 Å². The van der Waals surface area contributed by atoms with E-state index >= 15 is 0 Å². The third kappa shape index (κ3) is 3.32. The topological polar surface area (TPSA) is 29.1 Å². The summed E-state index contributed by atoms with van der Waals surface area (Å²) < 4.78 is 0. The molecular formula is C6H11NOS. The van der Waals surface area contributed by atoms with Crippen molar-refractivity contribution in [2.75, 3.05) is 13.6 Å². The Bertz CT molecular complexity index is 131. The summed E-state index contributed by atoms with van der Waals surface area (Å²) in [7, 11) is 1.83. The van der Waals surface area contributed by atoms with Gasteiger partial charge in [-0.3, -0.25) is 4.79 Å². The molecule has 1 N–H and O–H groups in total. The lowest BCUT2D eigenvalue weighted by Crippen LogP contribution is -2.09. The van der Waals surface area contributed by atoms with Crippen molar-refractivity contribution in [3.05, 3.63) is 10.5 Å². The molecule has 0 bridgehead atoms. The van der Waals surface area contributed by atoms with E-state index in [9.17, 15) is 4.79 Å². The molecule has 0 aromatic carbocycles. The van der Waals surface area contributed by atoms with Gasteiger partial charge in [0.15, 0.2) is 6.29 Å². The van der Waals surface area contributed by atoms with Crippen LogP contribution in [-0.4, -0.2) is 19.9 Å². The van der Waals surface area contributed by atoms with Gasteiger partial charge in [0, 0.05) is 11.4 Å². The molecule has 0 unspecified atom stereocenters. The molecule has 0 aromatic heterocycles. The van der Waals surface area contributed by atoms with Crippen molar-refractivity contribution in [1.82, 2.24) is 5.32 Å². The van der Waals surface area contributed by atoms with Crippen LogP contribution in [0.4, 0.5) is 0 Å². The third-order valence-electron chi connectivity index (χ3n) is 0.991. The second kappa shape index (κ2) is 4.58. The van der Waals surface area contributed by atoms with E-state index in [0.29, 0.717) is 4.91 Å². The van der Waals surface area contributed by atoms with E-state index < -0.39 is 0 Å². The monoisotopic (exact) mass is 145 g/mol. The Morgan fingerprint density at radius 1 is 1.78 bits per heavy atom. The molecule has 0 amide bonds. The number of thiol groups is 1. The molecule has 9 heavy (non-hydrogen) atoms. The zero-order valence-electron chi connectivity index (χ0n) is 5.64.